The molecule has 3 rings (SSSR count). The number of aromatic nitrogens is 2. The van der Waals surface area contributed by atoms with Crippen LogP contribution in [-0.2, 0) is 11.3 Å². The summed E-state index contributed by atoms with van der Waals surface area (Å²) in [5.74, 6) is 0.443. The van der Waals surface area contributed by atoms with Gasteiger partial charge in [-0.05, 0) is 17.7 Å². The summed E-state index contributed by atoms with van der Waals surface area (Å²) in [7, 11) is 0. The Morgan fingerprint density at radius 1 is 1.14 bits per heavy atom. The van der Waals surface area contributed by atoms with Gasteiger partial charge in [0.15, 0.2) is 0 Å². The topological polar surface area (TPSA) is 78.0 Å². The van der Waals surface area contributed by atoms with Gasteiger partial charge in [0.05, 0.1) is 11.0 Å². The molecule has 0 atom stereocenters. The maximum atomic E-state index is 11.0. The molecule has 1 heterocycles. The van der Waals surface area contributed by atoms with E-state index in [1.807, 2.05) is 48.5 Å². The number of nitrogens with zero attached hydrogens (tertiary/aromatic N) is 1. The summed E-state index contributed by atoms with van der Waals surface area (Å²) in [6.45, 7) is -0.0864. The fraction of sp³-hybridized carbons (Fsp3) is 0.125. The first kappa shape index (κ1) is 13.3. The lowest BCUT2D eigenvalue weighted by molar-refractivity contribution is -0.123. The Kier molecular flexibility index (Phi) is 3.66. The lowest BCUT2D eigenvalue weighted by Crippen LogP contribution is -2.25. The van der Waals surface area contributed by atoms with Crippen molar-refractivity contribution in [3.05, 3.63) is 54.1 Å². The molecular weight excluding hydrogens is 266 g/mol. The van der Waals surface area contributed by atoms with Gasteiger partial charge in [0.25, 0.3) is 0 Å². The molecule has 0 unspecified atom stereocenters. The highest BCUT2D eigenvalue weighted by atomic mass is 16.3. The molecule has 3 aromatic rings. The number of imidazole rings is 1. The van der Waals surface area contributed by atoms with E-state index in [9.17, 15) is 4.79 Å². The van der Waals surface area contributed by atoms with Crippen LogP contribution in [0.15, 0.2) is 48.5 Å². The molecule has 1 aromatic heterocycles. The minimum atomic E-state index is -0.489. The molecule has 0 aliphatic rings. The van der Waals surface area contributed by atoms with Crippen molar-refractivity contribution < 1.29 is 9.90 Å². The Hall–Kier alpha value is -2.66. The first-order valence-corrected chi connectivity index (χ1v) is 6.68. The van der Waals surface area contributed by atoms with Crippen molar-refractivity contribution in [1.82, 2.24) is 15.3 Å². The van der Waals surface area contributed by atoms with Gasteiger partial charge in [0, 0.05) is 12.1 Å². The van der Waals surface area contributed by atoms with Crippen molar-refractivity contribution in [1.29, 1.82) is 0 Å². The highest BCUT2D eigenvalue weighted by molar-refractivity contribution is 5.79. The third kappa shape index (κ3) is 2.93. The number of H-pyrrole nitrogens is 1. The molecule has 0 bridgehead atoms. The zero-order chi connectivity index (χ0) is 14.7. The summed E-state index contributed by atoms with van der Waals surface area (Å²) in [6, 6.07) is 15.7. The third-order valence-corrected chi connectivity index (χ3v) is 3.25. The summed E-state index contributed by atoms with van der Waals surface area (Å²) in [6.07, 6.45) is 0. The Balaban J connectivity index is 1.78. The number of carbonyl (C=O) groups is 1. The Morgan fingerprint density at radius 2 is 1.90 bits per heavy atom. The van der Waals surface area contributed by atoms with Crippen molar-refractivity contribution in [2.24, 2.45) is 0 Å². The minimum absolute atomic E-state index is 0.378. The molecule has 106 valence electrons. The van der Waals surface area contributed by atoms with E-state index in [1.54, 1.807) is 0 Å². The molecule has 5 heteroatoms. The monoisotopic (exact) mass is 281 g/mol. The molecule has 0 aliphatic heterocycles. The second kappa shape index (κ2) is 5.76. The number of aromatic amines is 1. The van der Waals surface area contributed by atoms with E-state index in [2.05, 4.69) is 15.3 Å². The summed E-state index contributed by atoms with van der Waals surface area (Å²) in [5.41, 5.74) is 3.90. The summed E-state index contributed by atoms with van der Waals surface area (Å²) >= 11 is 0. The van der Waals surface area contributed by atoms with Crippen molar-refractivity contribution in [3.63, 3.8) is 0 Å². The zero-order valence-corrected chi connectivity index (χ0v) is 11.3. The van der Waals surface area contributed by atoms with Gasteiger partial charge in [0.1, 0.15) is 12.4 Å². The first-order chi connectivity index (χ1) is 10.3. The van der Waals surface area contributed by atoms with Crippen LogP contribution in [0.4, 0.5) is 0 Å². The molecule has 0 aliphatic carbocycles. The van der Waals surface area contributed by atoms with Crippen molar-refractivity contribution >= 4 is 16.9 Å². The second-order valence-electron chi connectivity index (χ2n) is 4.73. The lowest BCUT2D eigenvalue weighted by atomic mass is 10.1. The molecule has 5 nitrogen and oxygen atoms in total. The Morgan fingerprint density at radius 3 is 2.62 bits per heavy atom. The lowest BCUT2D eigenvalue weighted by Gasteiger charge is -2.04. The molecule has 1 amide bonds. The van der Waals surface area contributed by atoms with Crippen LogP contribution in [0, 0.1) is 0 Å². The number of hydrogen-bond acceptors (Lipinski definition) is 3. The maximum absolute atomic E-state index is 11.0. The predicted molar refractivity (Wildman–Crippen MR) is 80.5 cm³/mol. The standard InChI is InChI=1S/C16H15N3O2/c20-10-15(21)17-9-11-5-7-12(8-6-11)16-18-13-3-1-2-4-14(13)19-16/h1-8,20H,9-10H2,(H,17,21)(H,18,19). The summed E-state index contributed by atoms with van der Waals surface area (Å²) in [5, 5.41) is 11.3. The van der Waals surface area contributed by atoms with Crippen molar-refractivity contribution in [3.8, 4) is 11.4 Å². The fourth-order valence-electron chi connectivity index (χ4n) is 2.13. The van der Waals surface area contributed by atoms with Gasteiger partial charge in [-0.1, -0.05) is 36.4 Å². The maximum Gasteiger partial charge on any atom is 0.245 e. The number of rotatable bonds is 4. The van der Waals surface area contributed by atoms with E-state index in [4.69, 9.17) is 5.11 Å². The van der Waals surface area contributed by atoms with Crippen LogP contribution in [0.25, 0.3) is 22.4 Å². The van der Waals surface area contributed by atoms with E-state index in [-0.39, 0.29) is 5.91 Å². The third-order valence-electron chi connectivity index (χ3n) is 3.25. The number of fused-ring (bicyclic) bond motifs is 1. The van der Waals surface area contributed by atoms with Crippen LogP contribution in [-0.4, -0.2) is 27.6 Å². The van der Waals surface area contributed by atoms with Crippen LogP contribution >= 0.6 is 0 Å². The summed E-state index contributed by atoms with van der Waals surface area (Å²) < 4.78 is 0. The van der Waals surface area contributed by atoms with Crippen LogP contribution in [0.3, 0.4) is 0 Å². The van der Waals surface area contributed by atoms with Crippen LogP contribution < -0.4 is 5.32 Å². The molecular formula is C16H15N3O2. The number of para-hydroxylation sites is 2. The van der Waals surface area contributed by atoms with Gasteiger partial charge in [0.2, 0.25) is 5.91 Å². The van der Waals surface area contributed by atoms with E-state index in [1.165, 1.54) is 0 Å². The van der Waals surface area contributed by atoms with Gasteiger partial charge in [-0.3, -0.25) is 4.79 Å². The van der Waals surface area contributed by atoms with E-state index in [0.29, 0.717) is 6.54 Å². The average Bonchev–Trinajstić information content (AvgIpc) is 2.97. The van der Waals surface area contributed by atoms with Gasteiger partial charge >= 0.3 is 0 Å². The number of aliphatic hydroxyl groups excluding tert-OH is 1. The zero-order valence-electron chi connectivity index (χ0n) is 11.3. The largest absolute Gasteiger partial charge is 0.387 e. The van der Waals surface area contributed by atoms with Gasteiger partial charge in [-0.25, -0.2) is 4.98 Å². The smallest absolute Gasteiger partial charge is 0.245 e. The molecule has 0 radical (unpaired) electrons. The molecule has 0 saturated heterocycles. The summed E-state index contributed by atoms with van der Waals surface area (Å²) in [4.78, 5) is 18.8. The quantitative estimate of drug-likeness (QED) is 0.683. The molecule has 0 saturated carbocycles. The number of hydrogen-bond donors (Lipinski definition) is 3. The number of amides is 1. The van der Waals surface area contributed by atoms with Crippen LogP contribution in [0.2, 0.25) is 0 Å². The predicted octanol–water partition coefficient (Wildman–Crippen LogP) is 1.84. The van der Waals surface area contributed by atoms with Crippen LogP contribution in [0.5, 0.6) is 0 Å². The van der Waals surface area contributed by atoms with Gasteiger partial charge in [-0.15, -0.1) is 0 Å². The number of aliphatic hydroxyl groups is 1. The van der Waals surface area contributed by atoms with Crippen molar-refractivity contribution in [2.45, 2.75) is 6.54 Å². The van der Waals surface area contributed by atoms with E-state index in [0.717, 1.165) is 28.0 Å². The average molecular weight is 281 g/mol. The first-order valence-electron chi connectivity index (χ1n) is 6.68. The van der Waals surface area contributed by atoms with Gasteiger partial charge in [-0.2, -0.15) is 0 Å². The Bertz CT molecular complexity index is 730. The Labute approximate surface area is 121 Å². The van der Waals surface area contributed by atoms with Crippen LogP contribution in [0.1, 0.15) is 5.56 Å². The van der Waals surface area contributed by atoms with Crippen molar-refractivity contribution in [2.75, 3.05) is 6.61 Å². The minimum Gasteiger partial charge on any atom is -0.387 e. The molecule has 3 N–H and O–H groups in total. The molecule has 0 fully saturated rings. The van der Waals surface area contributed by atoms with Gasteiger partial charge < -0.3 is 15.4 Å². The molecule has 0 spiro atoms. The molecule has 21 heavy (non-hydrogen) atoms. The second-order valence-corrected chi connectivity index (χ2v) is 4.73. The number of nitrogens with one attached hydrogen (secondary N) is 2. The normalized spacial score (nSPS) is 10.7. The van der Waals surface area contributed by atoms with E-state index < -0.39 is 6.61 Å². The highest BCUT2D eigenvalue weighted by Gasteiger charge is 2.05. The van der Waals surface area contributed by atoms with E-state index >= 15 is 0 Å². The number of benzene rings is 2. The fourth-order valence-corrected chi connectivity index (χ4v) is 2.13. The highest BCUT2D eigenvalue weighted by Crippen LogP contribution is 2.20. The number of carbonyl (C=O) groups excluding carboxylic acids is 1. The molecule has 2 aromatic carbocycles. The SMILES string of the molecule is O=C(CO)NCc1ccc(-c2nc3ccccc3[nH]2)cc1.